The fourth-order valence-electron chi connectivity index (χ4n) is 4.43. The largest absolute Gasteiger partial charge is 0.497 e. The summed E-state index contributed by atoms with van der Waals surface area (Å²) >= 11 is 0. The Balaban J connectivity index is 1.34. The van der Waals surface area contributed by atoms with Gasteiger partial charge in [0, 0.05) is 38.6 Å². The Kier molecular flexibility index (Phi) is 4.93. The molecule has 0 bridgehead atoms. The van der Waals surface area contributed by atoms with Crippen molar-refractivity contribution in [3.8, 4) is 5.75 Å². The van der Waals surface area contributed by atoms with Crippen LogP contribution in [-0.4, -0.2) is 61.2 Å². The lowest BCUT2D eigenvalue weighted by Gasteiger charge is -2.47. The van der Waals surface area contributed by atoms with Gasteiger partial charge in [-0.3, -0.25) is 9.69 Å². The van der Waals surface area contributed by atoms with E-state index in [0.29, 0.717) is 17.7 Å². The molecule has 0 radical (unpaired) electrons. The molecule has 0 aromatic heterocycles. The van der Waals surface area contributed by atoms with E-state index in [2.05, 4.69) is 28.9 Å². The Hall–Kier alpha value is -1.59. The van der Waals surface area contributed by atoms with Crippen molar-refractivity contribution >= 4 is 5.91 Å². The van der Waals surface area contributed by atoms with Gasteiger partial charge in [-0.05, 0) is 42.9 Å². The number of nitrogens with zero attached hydrogens (tertiary/aromatic N) is 2. The maximum atomic E-state index is 12.5. The first-order valence-electron chi connectivity index (χ1n) is 9.87. The third kappa shape index (κ3) is 3.74. The number of benzene rings is 1. The molecule has 4 rings (SSSR count). The van der Waals surface area contributed by atoms with Crippen LogP contribution < -0.4 is 4.74 Å². The summed E-state index contributed by atoms with van der Waals surface area (Å²) in [6.45, 7) is 7.47. The SMILES string of the molecule is COc1cccc(CN2CCOC3(CCN(C(=O)[C@H]4C[C@@H]4C)CC3)C2)c1. The molecule has 1 aromatic rings. The van der Waals surface area contributed by atoms with E-state index < -0.39 is 0 Å². The Morgan fingerprint density at radius 2 is 2.08 bits per heavy atom. The standard InChI is InChI=1S/C21H30N2O3/c1-16-12-19(16)20(24)23-8-6-21(7-9-23)15-22(10-11-26-21)14-17-4-3-5-18(13-17)25-2/h3-5,13,16,19H,6-12,14-15H2,1-2H3/t16-,19-/m0/s1. The molecule has 1 amide bonds. The molecule has 3 aliphatic rings. The lowest BCUT2D eigenvalue weighted by atomic mass is 9.89. The molecule has 0 N–H and O–H groups in total. The van der Waals surface area contributed by atoms with Crippen LogP contribution in [0.25, 0.3) is 0 Å². The zero-order valence-electron chi connectivity index (χ0n) is 15.9. The number of carbonyl (C=O) groups is 1. The molecule has 1 aromatic carbocycles. The summed E-state index contributed by atoms with van der Waals surface area (Å²) in [5.74, 6) is 2.16. The predicted molar refractivity (Wildman–Crippen MR) is 100 cm³/mol. The molecule has 3 fully saturated rings. The molecule has 5 heteroatoms. The van der Waals surface area contributed by atoms with Gasteiger partial charge >= 0.3 is 0 Å². The fourth-order valence-corrected chi connectivity index (χ4v) is 4.43. The molecular weight excluding hydrogens is 328 g/mol. The third-order valence-corrected chi connectivity index (χ3v) is 6.28. The fraction of sp³-hybridized carbons (Fsp3) is 0.667. The number of carbonyl (C=O) groups excluding carboxylic acids is 1. The minimum Gasteiger partial charge on any atom is -0.497 e. The average molecular weight is 358 g/mol. The van der Waals surface area contributed by atoms with E-state index in [9.17, 15) is 4.79 Å². The number of ether oxygens (including phenoxy) is 2. The number of morpholine rings is 1. The summed E-state index contributed by atoms with van der Waals surface area (Å²) in [5.41, 5.74) is 1.19. The van der Waals surface area contributed by atoms with Crippen molar-refractivity contribution in [2.75, 3.05) is 39.9 Å². The van der Waals surface area contributed by atoms with E-state index in [1.807, 2.05) is 12.1 Å². The van der Waals surface area contributed by atoms with E-state index in [1.54, 1.807) is 7.11 Å². The van der Waals surface area contributed by atoms with Crippen LogP contribution in [0.5, 0.6) is 5.75 Å². The molecule has 0 unspecified atom stereocenters. The molecule has 2 atom stereocenters. The van der Waals surface area contributed by atoms with Gasteiger partial charge < -0.3 is 14.4 Å². The van der Waals surface area contributed by atoms with Gasteiger partial charge in [-0.15, -0.1) is 0 Å². The molecule has 142 valence electrons. The molecule has 26 heavy (non-hydrogen) atoms. The number of likely N-dealkylation sites (tertiary alicyclic amines) is 1. The number of amides is 1. The molecule has 1 saturated carbocycles. The summed E-state index contributed by atoms with van der Waals surface area (Å²) in [7, 11) is 1.71. The molecular formula is C21H30N2O3. The van der Waals surface area contributed by atoms with Gasteiger partial charge in [0.05, 0.1) is 19.3 Å². The van der Waals surface area contributed by atoms with Gasteiger partial charge in [0.15, 0.2) is 0 Å². The first-order chi connectivity index (χ1) is 12.6. The van der Waals surface area contributed by atoms with Crippen molar-refractivity contribution in [1.29, 1.82) is 0 Å². The molecule has 1 aliphatic carbocycles. The summed E-state index contributed by atoms with van der Waals surface area (Å²) in [6.07, 6.45) is 2.98. The summed E-state index contributed by atoms with van der Waals surface area (Å²) in [4.78, 5) is 17.0. The lowest BCUT2D eigenvalue weighted by Crippen LogP contribution is -2.57. The van der Waals surface area contributed by atoms with Crippen molar-refractivity contribution in [3.63, 3.8) is 0 Å². The van der Waals surface area contributed by atoms with E-state index in [-0.39, 0.29) is 5.60 Å². The summed E-state index contributed by atoms with van der Waals surface area (Å²) in [6, 6.07) is 8.30. The Morgan fingerprint density at radius 3 is 2.77 bits per heavy atom. The quantitative estimate of drug-likeness (QED) is 0.830. The number of hydrogen-bond donors (Lipinski definition) is 0. The minimum absolute atomic E-state index is 0.0803. The van der Waals surface area contributed by atoms with Gasteiger partial charge in [0.2, 0.25) is 5.91 Å². The van der Waals surface area contributed by atoms with E-state index >= 15 is 0 Å². The van der Waals surface area contributed by atoms with Gasteiger partial charge in [0.25, 0.3) is 0 Å². The number of piperidine rings is 1. The lowest BCUT2D eigenvalue weighted by molar-refractivity contribution is -0.152. The van der Waals surface area contributed by atoms with Crippen LogP contribution in [0.3, 0.4) is 0 Å². The second-order valence-corrected chi connectivity index (χ2v) is 8.24. The number of methoxy groups -OCH3 is 1. The predicted octanol–water partition coefficient (Wildman–Crippen LogP) is 2.54. The van der Waals surface area contributed by atoms with E-state index in [0.717, 1.165) is 64.3 Å². The highest BCUT2D eigenvalue weighted by Gasteiger charge is 2.45. The number of rotatable bonds is 4. The maximum absolute atomic E-state index is 12.5. The second-order valence-electron chi connectivity index (χ2n) is 8.24. The number of hydrogen-bond acceptors (Lipinski definition) is 4. The summed E-state index contributed by atoms with van der Waals surface area (Å²) in [5, 5.41) is 0. The van der Waals surface area contributed by atoms with Crippen LogP contribution in [0.1, 0.15) is 31.7 Å². The Labute approximate surface area is 156 Å². The normalized spacial score (nSPS) is 28.2. The van der Waals surface area contributed by atoms with Crippen LogP contribution in [-0.2, 0) is 16.1 Å². The molecule has 1 spiro atoms. The van der Waals surface area contributed by atoms with Gasteiger partial charge in [-0.2, -0.15) is 0 Å². The summed E-state index contributed by atoms with van der Waals surface area (Å²) < 4.78 is 11.6. The molecule has 2 heterocycles. The molecule has 2 aliphatic heterocycles. The van der Waals surface area contributed by atoms with Crippen molar-refractivity contribution in [3.05, 3.63) is 29.8 Å². The Bertz CT molecular complexity index is 654. The highest BCUT2D eigenvalue weighted by atomic mass is 16.5. The van der Waals surface area contributed by atoms with Crippen LogP contribution in [0.4, 0.5) is 0 Å². The first-order valence-corrected chi connectivity index (χ1v) is 9.87. The van der Waals surface area contributed by atoms with Gasteiger partial charge in [0.1, 0.15) is 5.75 Å². The second kappa shape index (κ2) is 7.20. The zero-order chi connectivity index (χ0) is 18.1. The smallest absolute Gasteiger partial charge is 0.225 e. The van der Waals surface area contributed by atoms with Gasteiger partial charge in [-0.25, -0.2) is 0 Å². The highest BCUT2D eigenvalue weighted by molar-refractivity contribution is 5.81. The monoisotopic (exact) mass is 358 g/mol. The van der Waals surface area contributed by atoms with Crippen LogP contribution in [0.15, 0.2) is 24.3 Å². The van der Waals surface area contributed by atoms with Gasteiger partial charge in [-0.1, -0.05) is 19.1 Å². The van der Waals surface area contributed by atoms with Crippen molar-refractivity contribution in [2.24, 2.45) is 11.8 Å². The van der Waals surface area contributed by atoms with Crippen LogP contribution in [0, 0.1) is 11.8 Å². The molecule has 5 nitrogen and oxygen atoms in total. The van der Waals surface area contributed by atoms with Crippen molar-refractivity contribution in [2.45, 2.75) is 38.3 Å². The third-order valence-electron chi connectivity index (χ3n) is 6.28. The minimum atomic E-state index is -0.0803. The van der Waals surface area contributed by atoms with E-state index in [4.69, 9.17) is 9.47 Å². The van der Waals surface area contributed by atoms with Crippen LogP contribution in [0.2, 0.25) is 0 Å². The van der Waals surface area contributed by atoms with Crippen molar-refractivity contribution < 1.29 is 14.3 Å². The average Bonchev–Trinajstić information content (AvgIpc) is 3.39. The highest BCUT2D eigenvalue weighted by Crippen LogP contribution is 2.40. The Morgan fingerprint density at radius 1 is 1.31 bits per heavy atom. The zero-order valence-corrected chi connectivity index (χ0v) is 15.9. The molecule has 2 saturated heterocycles. The topological polar surface area (TPSA) is 42.0 Å². The van der Waals surface area contributed by atoms with Crippen molar-refractivity contribution in [1.82, 2.24) is 9.80 Å². The first kappa shape index (κ1) is 17.8. The van der Waals surface area contributed by atoms with E-state index in [1.165, 1.54) is 5.56 Å². The van der Waals surface area contributed by atoms with Crippen LogP contribution >= 0.6 is 0 Å². The maximum Gasteiger partial charge on any atom is 0.225 e.